The number of nitrogens with zero attached hydrogens (tertiary/aromatic N) is 3. The van der Waals surface area contributed by atoms with Gasteiger partial charge in [0.2, 0.25) is 5.91 Å². The van der Waals surface area contributed by atoms with Crippen molar-refractivity contribution in [3.8, 4) is 5.75 Å². The molecule has 2 aromatic heterocycles. The second-order valence-electron chi connectivity index (χ2n) is 6.95. The van der Waals surface area contributed by atoms with Gasteiger partial charge >= 0.3 is 0 Å². The van der Waals surface area contributed by atoms with E-state index >= 15 is 0 Å². The summed E-state index contributed by atoms with van der Waals surface area (Å²) in [5.74, 6) is 0.542. The Bertz CT molecular complexity index is 1180. The van der Waals surface area contributed by atoms with Gasteiger partial charge in [-0.25, -0.2) is 4.98 Å². The summed E-state index contributed by atoms with van der Waals surface area (Å²) in [6.45, 7) is 3.05. The average molecular weight is 431 g/mol. The molecule has 0 radical (unpaired) electrons. The molecular weight excluding hydrogens is 408 g/mol. The summed E-state index contributed by atoms with van der Waals surface area (Å²) in [7, 11) is 0. The van der Waals surface area contributed by atoms with Crippen LogP contribution in [0.4, 0.5) is 5.69 Å². The van der Waals surface area contributed by atoms with E-state index < -0.39 is 0 Å². The monoisotopic (exact) mass is 430 g/mol. The zero-order valence-corrected chi connectivity index (χ0v) is 17.9. The Morgan fingerprint density at radius 2 is 2.10 bits per heavy atom. The summed E-state index contributed by atoms with van der Waals surface area (Å²) < 4.78 is 7.65. The van der Waals surface area contributed by atoms with E-state index in [0.717, 1.165) is 33.3 Å². The van der Waals surface area contributed by atoms with Crippen molar-refractivity contribution >= 4 is 29.0 Å². The van der Waals surface area contributed by atoms with Gasteiger partial charge in [-0.1, -0.05) is 24.3 Å². The summed E-state index contributed by atoms with van der Waals surface area (Å²) >= 11 is 1.61. The van der Waals surface area contributed by atoms with Crippen LogP contribution in [0.15, 0.2) is 78.4 Å². The lowest BCUT2D eigenvalue weighted by atomic mass is 10.2. The van der Waals surface area contributed by atoms with E-state index in [1.54, 1.807) is 23.6 Å². The Kier molecular flexibility index (Phi) is 6.54. The zero-order valence-electron chi connectivity index (χ0n) is 17.1. The Morgan fingerprint density at radius 3 is 2.90 bits per heavy atom. The third-order valence-corrected chi connectivity index (χ3v) is 5.26. The van der Waals surface area contributed by atoms with Crippen molar-refractivity contribution in [2.75, 3.05) is 5.32 Å². The van der Waals surface area contributed by atoms with Crippen molar-refractivity contribution in [3.05, 3.63) is 100 Å². The fourth-order valence-corrected chi connectivity index (χ4v) is 3.62. The van der Waals surface area contributed by atoms with E-state index in [-0.39, 0.29) is 5.91 Å². The number of ether oxygens (including phenoxy) is 1. The molecule has 0 fully saturated rings. The van der Waals surface area contributed by atoms with E-state index in [1.807, 2.05) is 77.8 Å². The smallest absolute Gasteiger partial charge is 0.248 e. The lowest BCUT2D eigenvalue weighted by Crippen LogP contribution is -2.08. The average Bonchev–Trinajstić information content (AvgIpc) is 3.43. The van der Waals surface area contributed by atoms with Gasteiger partial charge in [-0.05, 0) is 54.5 Å². The number of benzene rings is 2. The third-order valence-electron chi connectivity index (χ3n) is 4.44. The predicted octanol–water partition coefficient (Wildman–Crippen LogP) is 4.93. The molecule has 31 heavy (non-hydrogen) atoms. The molecule has 1 N–H and O–H groups in total. The number of aromatic nitrogens is 3. The number of hydrogen-bond acceptors (Lipinski definition) is 5. The number of aryl methyl sites for hydroxylation is 1. The number of nitrogens with one attached hydrogen (secondary N) is 1. The Morgan fingerprint density at radius 1 is 1.19 bits per heavy atom. The highest BCUT2D eigenvalue weighted by Crippen LogP contribution is 2.17. The number of hydrogen-bond donors (Lipinski definition) is 1. The zero-order chi connectivity index (χ0) is 21.5. The first-order valence-electron chi connectivity index (χ1n) is 9.83. The Labute approximate surface area is 184 Å². The summed E-state index contributed by atoms with van der Waals surface area (Å²) in [5, 5.41) is 10.1. The minimum absolute atomic E-state index is 0.194. The van der Waals surface area contributed by atoms with Crippen LogP contribution in [-0.2, 0) is 17.9 Å². The van der Waals surface area contributed by atoms with Crippen LogP contribution < -0.4 is 10.1 Å². The van der Waals surface area contributed by atoms with Crippen molar-refractivity contribution in [2.24, 2.45) is 0 Å². The quantitative estimate of drug-likeness (QED) is 0.403. The summed E-state index contributed by atoms with van der Waals surface area (Å²) in [6, 6.07) is 17.2. The van der Waals surface area contributed by atoms with Gasteiger partial charge in [0, 0.05) is 29.5 Å². The summed E-state index contributed by atoms with van der Waals surface area (Å²) in [4.78, 5) is 16.8. The Balaban J connectivity index is 1.33. The van der Waals surface area contributed by atoms with Crippen LogP contribution in [0.25, 0.3) is 6.08 Å². The topological polar surface area (TPSA) is 69.0 Å². The molecule has 0 atom stereocenters. The third kappa shape index (κ3) is 6.13. The van der Waals surface area contributed by atoms with Crippen LogP contribution in [-0.4, -0.2) is 20.7 Å². The molecule has 0 saturated carbocycles. The molecule has 0 saturated heterocycles. The van der Waals surface area contributed by atoms with Gasteiger partial charge in [0.1, 0.15) is 12.4 Å². The van der Waals surface area contributed by atoms with Gasteiger partial charge in [0.05, 0.1) is 17.2 Å². The van der Waals surface area contributed by atoms with Gasteiger partial charge in [-0.2, -0.15) is 5.10 Å². The molecule has 0 unspecified atom stereocenters. The molecule has 2 heterocycles. The number of amides is 1. The number of thiazole rings is 1. The lowest BCUT2D eigenvalue weighted by Gasteiger charge is -2.07. The van der Waals surface area contributed by atoms with Crippen LogP contribution in [0.3, 0.4) is 0 Å². The molecule has 6 nitrogen and oxygen atoms in total. The van der Waals surface area contributed by atoms with Crippen LogP contribution in [0, 0.1) is 6.92 Å². The first-order valence-corrected chi connectivity index (χ1v) is 10.7. The normalized spacial score (nSPS) is 11.0. The van der Waals surface area contributed by atoms with Crippen molar-refractivity contribution < 1.29 is 9.53 Å². The number of carbonyl (C=O) groups excluding carboxylic acids is 1. The molecule has 7 heteroatoms. The maximum atomic E-state index is 12.4. The minimum Gasteiger partial charge on any atom is -0.487 e. The molecule has 0 aliphatic heterocycles. The van der Waals surface area contributed by atoms with E-state index in [4.69, 9.17) is 4.74 Å². The van der Waals surface area contributed by atoms with Crippen molar-refractivity contribution in [2.45, 2.75) is 20.1 Å². The number of carbonyl (C=O) groups is 1. The van der Waals surface area contributed by atoms with E-state index in [2.05, 4.69) is 15.4 Å². The van der Waals surface area contributed by atoms with Crippen molar-refractivity contribution in [1.82, 2.24) is 14.8 Å². The second kappa shape index (κ2) is 9.86. The van der Waals surface area contributed by atoms with Crippen molar-refractivity contribution in [3.63, 3.8) is 0 Å². The van der Waals surface area contributed by atoms with Crippen LogP contribution >= 0.6 is 11.3 Å². The maximum Gasteiger partial charge on any atom is 0.248 e. The van der Waals surface area contributed by atoms with E-state index in [1.165, 1.54) is 6.08 Å². The second-order valence-corrected chi connectivity index (χ2v) is 8.01. The van der Waals surface area contributed by atoms with E-state index in [9.17, 15) is 4.79 Å². The number of anilines is 1. The maximum absolute atomic E-state index is 12.4. The molecule has 4 rings (SSSR count). The van der Waals surface area contributed by atoms with Gasteiger partial charge in [-0.15, -0.1) is 11.3 Å². The largest absolute Gasteiger partial charge is 0.487 e. The fourth-order valence-electron chi connectivity index (χ4n) is 3.02. The van der Waals surface area contributed by atoms with Gasteiger partial charge in [0.25, 0.3) is 0 Å². The number of rotatable bonds is 8. The molecule has 156 valence electrons. The summed E-state index contributed by atoms with van der Waals surface area (Å²) in [5.41, 5.74) is 3.60. The Hall–Kier alpha value is -3.71. The highest BCUT2D eigenvalue weighted by atomic mass is 32.1. The molecule has 4 aromatic rings. The highest BCUT2D eigenvalue weighted by Gasteiger charge is 2.03. The van der Waals surface area contributed by atoms with Crippen LogP contribution in [0.2, 0.25) is 0 Å². The van der Waals surface area contributed by atoms with Gasteiger partial charge in [-0.3, -0.25) is 9.48 Å². The molecule has 0 bridgehead atoms. The van der Waals surface area contributed by atoms with Gasteiger partial charge in [0.15, 0.2) is 0 Å². The molecule has 0 aliphatic rings. The first-order chi connectivity index (χ1) is 15.1. The molecule has 0 spiro atoms. The van der Waals surface area contributed by atoms with Crippen LogP contribution in [0.5, 0.6) is 5.75 Å². The van der Waals surface area contributed by atoms with Gasteiger partial charge < -0.3 is 10.1 Å². The van der Waals surface area contributed by atoms with Crippen molar-refractivity contribution in [1.29, 1.82) is 0 Å². The predicted molar refractivity (Wildman–Crippen MR) is 123 cm³/mol. The molecule has 0 aliphatic carbocycles. The fraction of sp³-hybridized carbons (Fsp3) is 0.125. The molecule has 1 amide bonds. The molecular formula is C24H22N4O2S. The molecule has 2 aromatic carbocycles. The SMILES string of the molecule is Cc1nc(COc2cccc(/C=C/C(=O)Nc3cccc(Cn4cccn4)c3)c2)cs1. The minimum atomic E-state index is -0.194. The lowest BCUT2D eigenvalue weighted by molar-refractivity contribution is -0.111. The standard InChI is InChI=1S/C24H22N4O2S/c1-18-26-22(17-31-18)16-30-23-8-3-5-19(14-23)9-10-24(29)27-21-7-2-6-20(13-21)15-28-12-4-11-25-28/h2-14,17H,15-16H2,1H3,(H,27,29)/b10-9+. The van der Waals surface area contributed by atoms with E-state index in [0.29, 0.717) is 13.2 Å². The first kappa shape index (κ1) is 20.6. The highest BCUT2D eigenvalue weighted by molar-refractivity contribution is 7.09. The summed E-state index contributed by atoms with van der Waals surface area (Å²) in [6.07, 6.45) is 6.94. The van der Waals surface area contributed by atoms with Crippen LogP contribution in [0.1, 0.15) is 21.8 Å².